The quantitative estimate of drug-likeness (QED) is 0.775. The first-order valence-electron chi connectivity index (χ1n) is 6.31. The molecule has 0 atom stereocenters. The molecule has 0 unspecified atom stereocenters. The molecule has 0 aliphatic rings. The number of nitrogens with zero attached hydrogens (tertiary/aromatic N) is 1. The van der Waals surface area contributed by atoms with Crippen LogP contribution in [-0.2, 0) is 13.2 Å². The number of para-hydroxylation sites is 1. The highest BCUT2D eigenvalue weighted by Crippen LogP contribution is 2.25. The number of fused-ring (bicyclic) bond motifs is 1. The van der Waals surface area contributed by atoms with Gasteiger partial charge in [0.25, 0.3) is 0 Å². The first-order valence-corrected chi connectivity index (χ1v) is 6.69. The van der Waals surface area contributed by atoms with Gasteiger partial charge in [0.15, 0.2) is 0 Å². The molecule has 0 saturated carbocycles. The van der Waals surface area contributed by atoms with E-state index in [1.165, 1.54) is 6.07 Å². The highest BCUT2D eigenvalue weighted by molar-refractivity contribution is 6.31. The summed E-state index contributed by atoms with van der Waals surface area (Å²) >= 11 is 6.07. The minimum absolute atomic E-state index is 0.0431. The maximum atomic E-state index is 13.9. The Morgan fingerprint density at radius 2 is 1.90 bits per heavy atom. The van der Waals surface area contributed by atoms with Crippen molar-refractivity contribution in [3.8, 4) is 0 Å². The van der Waals surface area contributed by atoms with Gasteiger partial charge in [0.2, 0.25) is 0 Å². The normalized spacial score (nSPS) is 11.2. The van der Waals surface area contributed by atoms with Gasteiger partial charge in [0.1, 0.15) is 5.82 Å². The van der Waals surface area contributed by atoms with Crippen molar-refractivity contribution in [2.75, 3.05) is 0 Å². The molecule has 1 aromatic heterocycles. The molecule has 3 rings (SSSR count). The molecule has 0 saturated heterocycles. The Balaban J connectivity index is 2.12. The maximum Gasteiger partial charge on any atom is 0.129 e. The van der Waals surface area contributed by atoms with Crippen molar-refractivity contribution < 1.29 is 9.50 Å². The van der Waals surface area contributed by atoms with E-state index in [4.69, 9.17) is 11.6 Å². The largest absolute Gasteiger partial charge is 0.392 e. The monoisotopic (exact) mass is 289 g/mol. The Bertz CT molecular complexity index is 746. The van der Waals surface area contributed by atoms with Crippen LogP contribution in [0.4, 0.5) is 4.39 Å². The summed E-state index contributed by atoms with van der Waals surface area (Å²) < 4.78 is 15.8. The summed E-state index contributed by atoms with van der Waals surface area (Å²) in [5.41, 5.74) is 2.24. The number of aromatic nitrogens is 1. The third-order valence-corrected chi connectivity index (χ3v) is 3.79. The molecule has 20 heavy (non-hydrogen) atoms. The molecule has 2 nitrogen and oxygen atoms in total. The number of hydrogen-bond acceptors (Lipinski definition) is 1. The van der Waals surface area contributed by atoms with Gasteiger partial charge in [-0.2, -0.15) is 0 Å². The van der Waals surface area contributed by atoms with Gasteiger partial charge in [-0.3, -0.25) is 0 Å². The number of benzene rings is 2. The molecule has 0 spiro atoms. The lowest BCUT2D eigenvalue weighted by molar-refractivity contribution is 0.283. The van der Waals surface area contributed by atoms with E-state index in [2.05, 4.69) is 0 Å². The molecular formula is C16H13ClFNO. The second kappa shape index (κ2) is 5.27. The average molecular weight is 290 g/mol. The number of halogens is 2. The van der Waals surface area contributed by atoms with Crippen molar-refractivity contribution >= 4 is 22.5 Å². The predicted molar refractivity (Wildman–Crippen MR) is 78.4 cm³/mol. The lowest BCUT2D eigenvalue weighted by Gasteiger charge is -2.08. The number of aliphatic hydroxyl groups excluding tert-OH is 1. The van der Waals surface area contributed by atoms with Gasteiger partial charge in [-0.1, -0.05) is 35.9 Å². The van der Waals surface area contributed by atoms with Crippen LogP contribution in [0.2, 0.25) is 5.02 Å². The van der Waals surface area contributed by atoms with E-state index < -0.39 is 0 Å². The van der Waals surface area contributed by atoms with Crippen LogP contribution in [0.15, 0.2) is 48.7 Å². The molecule has 0 bridgehead atoms. The standard InChI is InChI=1S/C16H13ClFNO/c17-14-5-3-6-15(18)13(14)9-19-8-11(10-20)12-4-1-2-7-16(12)19/h1-8,20H,9-10H2. The van der Waals surface area contributed by atoms with Crippen molar-refractivity contribution in [2.45, 2.75) is 13.2 Å². The maximum absolute atomic E-state index is 13.9. The minimum Gasteiger partial charge on any atom is -0.392 e. The molecule has 0 aliphatic heterocycles. The van der Waals surface area contributed by atoms with Crippen LogP contribution < -0.4 is 0 Å². The van der Waals surface area contributed by atoms with E-state index in [1.54, 1.807) is 12.1 Å². The third kappa shape index (κ3) is 2.19. The number of rotatable bonds is 3. The summed E-state index contributed by atoms with van der Waals surface area (Å²) in [6.45, 7) is 0.296. The van der Waals surface area contributed by atoms with Gasteiger partial charge in [-0.05, 0) is 18.2 Å². The van der Waals surface area contributed by atoms with Crippen LogP contribution in [0, 0.1) is 5.82 Å². The van der Waals surface area contributed by atoms with E-state index in [1.807, 2.05) is 35.0 Å². The molecule has 0 aliphatic carbocycles. The highest BCUT2D eigenvalue weighted by atomic mass is 35.5. The van der Waals surface area contributed by atoms with E-state index in [0.717, 1.165) is 16.5 Å². The van der Waals surface area contributed by atoms with Gasteiger partial charge in [-0.15, -0.1) is 0 Å². The molecule has 2 aromatic carbocycles. The number of hydrogen-bond donors (Lipinski definition) is 1. The van der Waals surface area contributed by atoms with Crippen LogP contribution in [0.5, 0.6) is 0 Å². The van der Waals surface area contributed by atoms with Crippen LogP contribution in [0.25, 0.3) is 10.9 Å². The molecule has 1 N–H and O–H groups in total. The summed E-state index contributed by atoms with van der Waals surface area (Å²) in [4.78, 5) is 0. The van der Waals surface area contributed by atoms with E-state index >= 15 is 0 Å². The summed E-state index contributed by atoms with van der Waals surface area (Å²) in [6.07, 6.45) is 1.84. The second-order valence-corrected chi connectivity index (χ2v) is 5.06. The summed E-state index contributed by atoms with van der Waals surface area (Å²) in [5.74, 6) is -0.319. The third-order valence-electron chi connectivity index (χ3n) is 3.43. The zero-order valence-corrected chi connectivity index (χ0v) is 11.4. The molecule has 3 aromatic rings. The van der Waals surface area contributed by atoms with E-state index in [0.29, 0.717) is 17.1 Å². The molecule has 102 valence electrons. The van der Waals surface area contributed by atoms with Crippen molar-refractivity contribution in [3.05, 3.63) is 70.6 Å². The number of aliphatic hydroxyl groups is 1. The van der Waals surface area contributed by atoms with Crippen LogP contribution in [0.1, 0.15) is 11.1 Å². The first kappa shape index (κ1) is 13.2. The Labute approximate surface area is 121 Å². The van der Waals surface area contributed by atoms with E-state index in [-0.39, 0.29) is 12.4 Å². The second-order valence-electron chi connectivity index (χ2n) is 4.66. The molecule has 4 heteroatoms. The molecule has 0 radical (unpaired) electrons. The zero-order chi connectivity index (χ0) is 14.1. The van der Waals surface area contributed by atoms with Crippen LogP contribution in [-0.4, -0.2) is 9.67 Å². The first-order chi connectivity index (χ1) is 9.70. The topological polar surface area (TPSA) is 25.2 Å². The van der Waals surface area contributed by atoms with Gasteiger partial charge in [0.05, 0.1) is 13.2 Å². The summed E-state index contributed by atoms with van der Waals surface area (Å²) in [7, 11) is 0. The van der Waals surface area contributed by atoms with Gasteiger partial charge >= 0.3 is 0 Å². The van der Waals surface area contributed by atoms with Crippen molar-refractivity contribution in [1.82, 2.24) is 4.57 Å². The van der Waals surface area contributed by atoms with Crippen molar-refractivity contribution in [2.24, 2.45) is 0 Å². The molecular weight excluding hydrogens is 277 g/mol. The average Bonchev–Trinajstić information content (AvgIpc) is 2.81. The van der Waals surface area contributed by atoms with Crippen LogP contribution >= 0.6 is 11.6 Å². The minimum atomic E-state index is -0.319. The highest BCUT2D eigenvalue weighted by Gasteiger charge is 2.11. The van der Waals surface area contributed by atoms with Gasteiger partial charge in [-0.25, -0.2) is 4.39 Å². The summed E-state index contributed by atoms with van der Waals surface area (Å²) in [6, 6.07) is 12.4. The zero-order valence-electron chi connectivity index (χ0n) is 10.7. The molecule has 0 amide bonds. The van der Waals surface area contributed by atoms with Gasteiger partial charge < -0.3 is 9.67 Å². The Kier molecular flexibility index (Phi) is 3.47. The molecule has 1 heterocycles. The van der Waals surface area contributed by atoms with Crippen LogP contribution in [0.3, 0.4) is 0 Å². The van der Waals surface area contributed by atoms with E-state index in [9.17, 15) is 9.50 Å². The fourth-order valence-electron chi connectivity index (χ4n) is 2.43. The Hall–Kier alpha value is -1.84. The predicted octanol–water partition coefficient (Wildman–Crippen LogP) is 3.97. The SMILES string of the molecule is OCc1cn(Cc2c(F)cccc2Cl)c2ccccc12. The Morgan fingerprint density at radius 3 is 2.65 bits per heavy atom. The molecule has 0 fully saturated rings. The fourth-order valence-corrected chi connectivity index (χ4v) is 2.66. The van der Waals surface area contributed by atoms with Gasteiger partial charge in [0, 0.05) is 33.2 Å². The smallest absolute Gasteiger partial charge is 0.129 e. The lowest BCUT2D eigenvalue weighted by atomic mass is 10.2. The van der Waals surface area contributed by atoms with Crippen molar-refractivity contribution in [3.63, 3.8) is 0 Å². The fraction of sp³-hybridized carbons (Fsp3) is 0.125. The lowest BCUT2D eigenvalue weighted by Crippen LogP contribution is -2.01. The Morgan fingerprint density at radius 1 is 1.10 bits per heavy atom. The van der Waals surface area contributed by atoms with Crippen molar-refractivity contribution in [1.29, 1.82) is 0 Å². The summed E-state index contributed by atoms with van der Waals surface area (Å²) in [5, 5.41) is 10.8.